The molecule has 3 aliphatic carbocycles. The largest absolute Gasteiger partial charge is 0.207 e. The van der Waals surface area contributed by atoms with Crippen molar-refractivity contribution in [2.24, 2.45) is 11.8 Å². The Bertz CT molecular complexity index is 1060. The van der Waals surface area contributed by atoms with Crippen molar-refractivity contribution >= 4 is 5.57 Å². The van der Waals surface area contributed by atoms with Gasteiger partial charge in [0.05, 0.1) is 0 Å². The number of allylic oxidation sites excluding steroid dienone is 2. The number of unbranched alkanes of at least 4 members (excludes halogenated alkanes) is 3. The molecule has 0 heterocycles. The van der Waals surface area contributed by atoms with Crippen LogP contribution in [0.1, 0.15) is 169 Å². The zero-order valence-corrected chi connectivity index (χ0v) is 25.6. The third kappa shape index (κ3) is 7.68. The monoisotopic (exact) mass is 542 g/mol. The molecule has 2 aromatic carbocycles. The van der Waals surface area contributed by atoms with Gasteiger partial charge >= 0.3 is 0 Å². The topological polar surface area (TPSA) is 0 Å². The molecule has 1 heteroatoms. The third-order valence-electron chi connectivity index (χ3n) is 11.0. The van der Waals surface area contributed by atoms with Crippen LogP contribution in [0.2, 0.25) is 0 Å². The maximum absolute atomic E-state index is 15.3. The van der Waals surface area contributed by atoms with Crippen LogP contribution in [0.3, 0.4) is 0 Å². The minimum atomic E-state index is 0.0307. The quantitative estimate of drug-likeness (QED) is 0.248. The SMILES string of the molecule is CCCCCC1CCC(c2ccc(C3CC=C(c4ccc(C5CCC(CCCC)CC5)c(F)c4)CC3)cc2)CC1. The summed E-state index contributed by atoms with van der Waals surface area (Å²) in [7, 11) is 0. The van der Waals surface area contributed by atoms with Crippen molar-refractivity contribution in [1.82, 2.24) is 0 Å². The van der Waals surface area contributed by atoms with Gasteiger partial charge in [-0.25, -0.2) is 4.39 Å². The van der Waals surface area contributed by atoms with Crippen LogP contribution in [0.5, 0.6) is 0 Å². The zero-order valence-electron chi connectivity index (χ0n) is 25.6. The van der Waals surface area contributed by atoms with Gasteiger partial charge in [0.1, 0.15) is 5.82 Å². The minimum Gasteiger partial charge on any atom is -0.207 e. The van der Waals surface area contributed by atoms with Crippen molar-refractivity contribution in [3.05, 3.63) is 76.6 Å². The molecule has 0 nitrogen and oxygen atoms in total. The number of rotatable bonds is 11. The van der Waals surface area contributed by atoms with E-state index in [1.54, 1.807) is 5.56 Å². The first-order chi connectivity index (χ1) is 19.6. The average Bonchev–Trinajstić information content (AvgIpc) is 3.01. The summed E-state index contributed by atoms with van der Waals surface area (Å²) >= 11 is 0. The van der Waals surface area contributed by atoms with Crippen molar-refractivity contribution in [3.63, 3.8) is 0 Å². The van der Waals surface area contributed by atoms with Crippen LogP contribution in [-0.2, 0) is 0 Å². The first-order valence-electron chi connectivity index (χ1n) is 17.2. The van der Waals surface area contributed by atoms with E-state index >= 15 is 4.39 Å². The average molecular weight is 543 g/mol. The highest BCUT2D eigenvalue weighted by molar-refractivity contribution is 5.67. The Morgan fingerprint density at radius 2 is 1.23 bits per heavy atom. The lowest BCUT2D eigenvalue weighted by Crippen LogP contribution is -2.14. The van der Waals surface area contributed by atoms with E-state index in [2.05, 4.69) is 56.3 Å². The van der Waals surface area contributed by atoms with Crippen LogP contribution in [0.25, 0.3) is 5.57 Å². The normalized spacial score (nSPS) is 27.4. The van der Waals surface area contributed by atoms with Crippen LogP contribution in [-0.4, -0.2) is 0 Å². The highest BCUT2D eigenvalue weighted by Crippen LogP contribution is 2.42. The predicted molar refractivity (Wildman–Crippen MR) is 170 cm³/mol. The van der Waals surface area contributed by atoms with Crippen LogP contribution < -0.4 is 0 Å². The van der Waals surface area contributed by atoms with E-state index in [-0.39, 0.29) is 5.82 Å². The summed E-state index contributed by atoms with van der Waals surface area (Å²) in [6, 6.07) is 15.9. The number of benzene rings is 2. The highest BCUT2D eigenvalue weighted by Gasteiger charge is 2.26. The molecule has 0 saturated heterocycles. The molecule has 0 radical (unpaired) electrons. The summed E-state index contributed by atoms with van der Waals surface area (Å²) in [4.78, 5) is 0. The summed E-state index contributed by atoms with van der Waals surface area (Å²) in [6.07, 6.45) is 25.8. The Morgan fingerprint density at radius 3 is 1.80 bits per heavy atom. The second-order valence-electron chi connectivity index (χ2n) is 13.7. The van der Waals surface area contributed by atoms with E-state index in [9.17, 15) is 0 Å². The number of hydrogen-bond acceptors (Lipinski definition) is 0. The smallest absolute Gasteiger partial charge is 0.127 e. The molecular formula is C39H55F. The maximum atomic E-state index is 15.3. The second kappa shape index (κ2) is 14.8. The standard InChI is InChI=1S/C39H55F/c1-3-5-7-9-30-10-14-31(15-11-30)32-18-20-33(21-19-32)34-22-24-35(25-23-34)37-26-27-38(39(40)28-37)36-16-12-29(13-17-36)8-6-4-2/h18-21,24,26-31,34,36H,3-17,22-23,25H2,1-2H3. The van der Waals surface area contributed by atoms with Crippen LogP contribution in [0.15, 0.2) is 48.5 Å². The molecule has 2 aromatic rings. The molecule has 0 aliphatic heterocycles. The van der Waals surface area contributed by atoms with Gasteiger partial charge < -0.3 is 0 Å². The Labute approximate surface area is 245 Å². The molecule has 0 bridgehead atoms. The maximum Gasteiger partial charge on any atom is 0.127 e. The lowest BCUT2D eigenvalue weighted by atomic mass is 9.76. The molecule has 2 saturated carbocycles. The van der Waals surface area contributed by atoms with Gasteiger partial charge in [-0.2, -0.15) is 0 Å². The van der Waals surface area contributed by atoms with E-state index in [0.717, 1.165) is 54.6 Å². The summed E-state index contributed by atoms with van der Waals surface area (Å²) in [5, 5.41) is 0. The Balaban J connectivity index is 1.12. The Morgan fingerprint density at radius 1 is 0.625 bits per heavy atom. The minimum absolute atomic E-state index is 0.0307. The molecule has 0 N–H and O–H groups in total. The van der Waals surface area contributed by atoms with E-state index in [4.69, 9.17) is 0 Å². The van der Waals surface area contributed by atoms with Crippen LogP contribution in [0.4, 0.5) is 4.39 Å². The molecule has 0 aromatic heterocycles. The van der Waals surface area contributed by atoms with E-state index in [1.165, 1.54) is 101 Å². The fourth-order valence-corrected chi connectivity index (χ4v) is 8.22. The molecule has 1 unspecified atom stereocenters. The van der Waals surface area contributed by atoms with Crippen molar-refractivity contribution in [2.45, 2.75) is 147 Å². The second-order valence-corrected chi connectivity index (χ2v) is 13.7. The van der Waals surface area contributed by atoms with Gasteiger partial charge in [-0.05, 0) is 134 Å². The molecular weight excluding hydrogens is 487 g/mol. The van der Waals surface area contributed by atoms with Crippen molar-refractivity contribution in [3.8, 4) is 0 Å². The molecule has 218 valence electrons. The molecule has 3 aliphatic rings. The predicted octanol–water partition coefficient (Wildman–Crippen LogP) is 12.5. The molecule has 0 amide bonds. The zero-order chi connectivity index (χ0) is 27.7. The summed E-state index contributed by atoms with van der Waals surface area (Å²) in [5.74, 6) is 3.66. The summed E-state index contributed by atoms with van der Waals surface area (Å²) < 4.78 is 15.3. The third-order valence-corrected chi connectivity index (χ3v) is 11.0. The lowest BCUT2D eigenvalue weighted by molar-refractivity contribution is 0.301. The first kappa shape index (κ1) is 29.6. The molecule has 0 spiro atoms. The fourth-order valence-electron chi connectivity index (χ4n) is 8.22. The Kier molecular flexibility index (Phi) is 11.0. The lowest BCUT2D eigenvalue weighted by Gasteiger charge is -2.29. The van der Waals surface area contributed by atoms with Gasteiger partial charge in [-0.15, -0.1) is 0 Å². The molecule has 40 heavy (non-hydrogen) atoms. The van der Waals surface area contributed by atoms with Gasteiger partial charge in [0.2, 0.25) is 0 Å². The summed E-state index contributed by atoms with van der Waals surface area (Å²) in [6.45, 7) is 4.59. The van der Waals surface area contributed by atoms with Gasteiger partial charge in [-0.3, -0.25) is 0 Å². The summed E-state index contributed by atoms with van der Waals surface area (Å²) in [5.41, 5.74) is 6.47. The molecule has 2 fully saturated rings. The van der Waals surface area contributed by atoms with Gasteiger partial charge in [0.15, 0.2) is 0 Å². The number of halogens is 1. The molecule has 5 rings (SSSR count). The van der Waals surface area contributed by atoms with E-state index in [0.29, 0.717) is 11.8 Å². The van der Waals surface area contributed by atoms with Crippen molar-refractivity contribution in [1.29, 1.82) is 0 Å². The van der Waals surface area contributed by atoms with Crippen molar-refractivity contribution in [2.75, 3.05) is 0 Å². The van der Waals surface area contributed by atoms with Crippen LogP contribution in [0, 0.1) is 17.7 Å². The Hall–Kier alpha value is -1.89. The van der Waals surface area contributed by atoms with E-state index < -0.39 is 0 Å². The van der Waals surface area contributed by atoms with Gasteiger partial charge in [-0.1, -0.05) is 101 Å². The van der Waals surface area contributed by atoms with E-state index in [1.807, 2.05) is 6.07 Å². The van der Waals surface area contributed by atoms with Gasteiger partial charge in [0, 0.05) is 0 Å². The van der Waals surface area contributed by atoms with Crippen molar-refractivity contribution < 1.29 is 4.39 Å². The first-order valence-corrected chi connectivity index (χ1v) is 17.2. The highest BCUT2D eigenvalue weighted by atomic mass is 19.1. The van der Waals surface area contributed by atoms with Crippen LogP contribution >= 0.6 is 0 Å². The fraction of sp³-hybridized carbons (Fsp3) is 0.641. The molecule has 1 atom stereocenters. The van der Waals surface area contributed by atoms with Gasteiger partial charge in [0.25, 0.3) is 0 Å². The number of hydrogen-bond donors (Lipinski definition) is 0.